The van der Waals surface area contributed by atoms with Crippen LogP contribution in [0.4, 0.5) is 0 Å². The van der Waals surface area contributed by atoms with E-state index >= 15 is 0 Å². The summed E-state index contributed by atoms with van der Waals surface area (Å²) in [4.78, 5) is 76.8. The number of nitrogens with one attached hydrogen (secondary N) is 1. The predicted molar refractivity (Wildman–Crippen MR) is 238 cm³/mol. The van der Waals surface area contributed by atoms with E-state index in [-0.39, 0.29) is 29.5 Å². The van der Waals surface area contributed by atoms with Gasteiger partial charge in [0, 0.05) is 91.2 Å². The number of halogens is 3. The van der Waals surface area contributed by atoms with Crippen molar-refractivity contribution in [3.8, 4) is 0 Å². The second kappa shape index (κ2) is 29.7. The Kier molecular flexibility index (Phi) is 25.6. The first kappa shape index (κ1) is 53.5. The topological polar surface area (TPSA) is 249 Å². The van der Waals surface area contributed by atoms with Crippen LogP contribution in [0.2, 0.25) is 15.5 Å². The number of carbonyl (C=O) groups is 2. The summed E-state index contributed by atoms with van der Waals surface area (Å²) >= 11 is 17.4. The molecule has 0 atom stereocenters. The van der Waals surface area contributed by atoms with Gasteiger partial charge in [-0.2, -0.15) is 0 Å². The van der Waals surface area contributed by atoms with E-state index in [4.69, 9.17) is 44.4 Å². The molecule has 0 bridgehead atoms. The summed E-state index contributed by atoms with van der Waals surface area (Å²) < 4.78 is 0. The molecule has 1 N–H and O–H groups in total. The van der Waals surface area contributed by atoms with Gasteiger partial charge in [0.25, 0.3) is 6.20 Å². The van der Waals surface area contributed by atoms with Gasteiger partial charge in [0.05, 0.1) is 14.8 Å². The van der Waals surface area contributed by atoms with Gasteiger partial charge in [0.2, 0.25) is 18.1 Å². The molecular weight excluding hydrogens is 871 g/mol. The van der Waals surface area contributed by atoms with Crippen LogP contribution < -0.4 is 5.32 Å². The van der Waals surface area contributed by atoms with Crippen LogP contribution in [0.15, 0.2) is 101 Å². The molecule has 3 rings (SSSR count). The van der Waals surface area contributed by atoms with Crippen LogP contribution in [0.1, 0.15) is 43.9 Å². The van der Waals surface area contributed by atoms with Crippen molar-refractivity contribution in [1.82, 2.24) is 35.0 Å². The number of carbonyl (C=O) groups excluding carboxylic acids is 2. The minimum Gasteiger partial charge on any atom is -0.370 e. The van der Waals surface area contributed by atoms with E-state index in [0.717, 1.165) is 29.3 Å². The lowest BCUT2D eigenvalue weighted by Gasteiger charge is -2.23. The smallest absolute Gasteiger partial charge is 0.307 e. The molecule has 0 aliphatic rings. The van der Waals surface area contributed by atoms with Crippen LogP contribution >= 0.6 is 34.8 Å². The molecule has 0 unspecified atom stereocenters. The largest absolute Gasteiger partial charge is 0.370 e. The maximum atomic E-state index is 12.0. The Morgan fingerprint density at radius 2 is 1.03 bits per heavy atom. The van der Waals surface area contributed by atoms with Crippen LogP contribution in [0.25, 0.3) is 0 Å². The number of hydrogen-bond donors (Lipinski definition) is 1. The molecule has 20 nitrogen and oxygen atoms in total. The molecule has 0 aliphatic carbocycles. The molecule has 62 heavy (non-hydrogen) atoms. The van der Waals surface area contributed by atoms with E-state index in [2.05, 4.69) is 30.3 Å². The maximum absolute atomic E-state index is 12.0. The van der Waals surface area contributed by atoms with Gasteiger partial charge in [-0.25, -0.2) is 24.5 Å². The fraction of sp³-hybridized carbons (Fsp3) is 0.333. The molecule has 0 aliphatic heterocycles. The number of allylic oxidation sites excluding steroid dienone is 2. The molecule has 3 heterocycles. The monoisotopic (exact) mass is 917 g/mol. The molecular formula is C39H48Cl3N12O8+. The first-order valence-corrected chi connectivity index (χ1v) is 19.7. The van der Waals surface area contributed by atoms with Crippen LogP contribution in [0.5, 0.6) is 0 Å². The van der Waals surface area contributed by atoms with Crippen molar-refractivity contribution in [2.45, 2.75) is 46.8 Å². The number of likely N-dealkylation sites (N-methyl/N-ethyl adjacent to an activating group) is 2. The summed E-state index contributed by atoms with van der Waals surface area (Å²) in [6.45, 7) is 8.26. The number of aldehydes is 2. The van der Waals surface area contributed by atoms with E-state index in [9.17, 15) is 30.3 Å². The number of rotatable bonds is 20. The van der Waals surface area contributed by atoms with Crippen molar-refractivity contribution in [1.29, 1.82) is 0 Å². The summed E-state index contributed by atoms with van der Waals surface area (Å²) in [7, 11) is 4.57. The van der Waals surface area contributed by atoms with Crippen LogP contribution in [0, 0.1) is 36.8 Å². The highest BCUT2D eigenvalue weighted by Crippen LogP contribution is 2.17. The molecule has 0 spiro atoms. The summed E-state index contributed by atoms with van der Waals surface area (Å²) in [5.74, 6) is 0.740. The molecule has 3 aromatic heterocycles. The zero-order valence-corrected chi connectivity index (χ0v) is 37.2. The molecule has 3 aromatic rings. The van der Waals surface area contributed by atoms with E-state index in [1.807, 2.05) is 31.7 Å². The van der Waals surface area contributed by atoms with E-state index < -0.39 is 14.8 Å². The molecule has 0 fully saturated rings. The van der Waals surface area contributed by atoms with Crippen molar-refractivity contribution < 1.29 is 24.4 Å². The minimum absolute atomic E-state index is 0.0925. The second-order valence-electron chi connectivity index (χ2n) is 12.0. The first-order chi connectivity index (χ1) is 29.6. The van der Waals surface area contributed by atoms with Crippen LogP contribution in [0.3, 0.4) is 0 Å². The third-order valence-corrected chi connectivity index (χ3v) is 8.78. The first-order valence-electron chi connectivity index (χ1n) is 18.6. The number of aliphatic imine (C=N–C) groups is 2. The quantitative estimate of drug-likeness (QED) is 0.0190. The molecule has 0 radical (unpaired) electrons. The van der Waals surface area contributed by atoms with E-state index in [1.54, 1.807) is 65.8 Å². The lowest BCUT2D eigenvalue weighted by atomic mass is 10.2. The Hall–Kier alpha value is -6.51. The standard InChI is InChI=1S/C25H30Cl2N8O4.C11H15ClN4O2.C3H3O2/c1-5-32(16-18-10-12-22(26)30-14-18)24(28-3)20(34(36)37)8-7-9-21(35(38)39)25(29-4)33(6-2)17-19-11-13-23(27)31-15-19;1-3-15(11(13-2)8-16(17)18)7-9-4-5-10(12)14-6-9;4-2-1-3-5/h8-15H,5-7,16-17H2,1-4H3;4-6,8,13H,3,7H2,1-2H3;1-3H/q;;+1/b20-8+,21-9+,28-24?,29-25?;11-8+;. The zero-order chi connectivity index (χ0) is 46.6. The van der Waals surface area contributed by atoms with Crippen LogP contribution in [-0.2, 0) is 29.2 Å². The predicted octanol–water partition coefficient (Wildman–Crippen LogP) is 6.34. The SMILES string of the molecule is CCN(Cc1ccc(Cl)nc1)/C(=C/[N+](=O)[O-])NC.CCN(Cc1ccc(Cl)nc1)C(=NC)/C(=C\C/C=C(\C(=NC)N(CC)Cc1ccc(Cl)nc1)[N+](=O)[O-])[N+](=O)[O-].O=C[CH+]C=O. The van der Waals surface area contributed by atoms with Crippen molar-refractivity contribution in [3.05, 3.63) is 159 Å². The molecule has 0 amide bonds. The highest BCUT2D eigenvalue weighted by atomic mass is 35.5. The fourth-order valence-electron chi connectivity index (χ4n) is 5.25. The zero-order valence-electron chi connectivity index (χ0n) is 34.9. The molecule has 332 valence electrons. The van der Waals surface area contributed by atoms with E-state index in [0.29, 0.717) is 73.1 Å². The van der Waals surface area contributed by atoms with Gasteiger partial charge in [-0.15, -0.1) is 0 Å². The van der Waals surface area contributed by atoms with Gasteiger partial charge in [0.1, 0.15) is 15.5 Å². The van der Waals surface area contributed by atoms with Crippen LogP contribution in [-0.4, -0.2) is 109 Å². The van der Waals surface area contributed by atoms with Crippen molar-refractivity contribution in [2.24, 2.45) is 9.98 Å². The molecule has 0 saturated carbocycles. The van der Waals surface area contributed by atoms with Crippen molar-refractivity contribution >= 4 is 59.0 Å². The molecule has 23 heteroatoms. The average molecular weight is 919 g/mol. The minimum atomic E-state index is -0.550. The molecule has 0 saturated heterocycles. The number of hydrogen-bond acceptors (Lipinski definition) is 15. The van der Waals surface area contributed by atoms with Crippen molar-refractivity contribution in [3.63, 3.8) is 0 Å². The number of nitrogens with zero attached hydrogens (tertiary/aromatic N) is 11. The lowest BCUT2D eigenvalue weighted by Crippen LogP contribution is -2.34. The third kappa shape index (κ3) is 19.3. The normalized spacial score (nSPS) is 11.8. The van der Waals surface area contributed by atoms with Crippen molar-refractivity contribution in [2.75, 3.05) is 40.8 Å². The average Bonchev–Trinajstić information content (AvgIpc) is 3.25. The Labute approximate surface area is 374 Å². The fourth-order valence-corrected chi connectivity index (χ4v) is 5.59. The van der Waals surface area contributed by atoms with Gasteiger partial charge in [-0.1, -0.05) is 53.0 Å². The lowest BCUT2D eigenvalue weighted by molar-refractivity contribution is -0.417. The van der Waals surface area contributed by atoms with Gasteiger partial charge in [-0.05, 0) is 62.1 Å². The van der Waals surface area contributed by atoms with Gasteiger partial charge < -0.3 is 20.0 Å². The second-order valence-corrected chi connectivity index (χ2v) is 13.2. The van der Waals surface area contributed by atoms with Gasteiger partial charge in [-0.3, -0.25) is 40.3 Å². The summed E-state index contributed by atoms with van der Waals surface area (Å²) in [6, 6.07) is 10.4. The maximum Gasteiger partial charge on any atom is 0.307 e. The Bertz CT molecular complexity index is 1960. The Balaban J connectivity index is 0.000000688. The van der Waals surface area contributed by atoms with Gasteiger partial charge in [0.15, 0.2) is 5.82 Å². The Morgan fingerprint density at radius 1 is 0.677 bits per heavy atom. The summed E-state index contributed by atoms with van der Waals surface area (Å²) in [5, 5.41) is 38.4. The molecule has 0 aromatic carbocycles. The highest BCUT2D eigenvalue weighted by molar-refractivity contribution is 6.29. The van der Waals surface area contributed by atoms with E-state index in [1.165, 1.54) is 26.2 Å². The Morgan fingerprint density at radius 3 is 1.26 bits per heavy atom. The summed E-state index contributed by atoms with van der Waals surface area (Å²) in [6.07, 6.45) is 10.1. The number of nitro groups is 3. The highest BCUT2D eigenvalue weighted by Gasteiger charge is 2.27. The number of pyridine rings is 3. The van der Waals surface area contributed by atoms with Gasteiger partial charge >= 0.3 is 24.0 Å². The third-order valence-electron chi connectivity index (χ3n) is 8.11. The number of aromatic nitrogens is 3. The summed E-state index contributed by atoms with van der Waals surface area (Å²) in [5.41, 5.74) is 1.98. The number of amidine groups is 2.